The van der Waals surface area contributed by atoms with E-state index in [9.17, 15) is 0 Å². The third-order valence-electron chi connectivity index (χ3n) is 12.7. The number of rotatable bonds is 6. The predicted molar refractivity (Wildman–Crippen MR) is 266 cm³/mol. The lowest BCUT2D eigenvalue weighted by Crippen LogP contribution is -2.09. The van der Waals surface area contributed by atoms with Crippen molar-refractivity contribution < 1.29 is 0 Å². The summed E-state index contributed by atoms with van der Waals surface area (Å²) in [7, 11) is 0. The molecule has 4 heteroatoms. The van der Waals surface area contributed by atoms with E-state index >= 15 is 0 Å². The molecule has 0 aliphatic heterocycles. The van der Waals surface area contributed by atoms with E-state index in [-0.39, 0.29) is 0 Å². The molecule has 3 heterocycles. The summed E-state index contributed by atoms with van der Waals surface area (Å²) in [6.45, 7) is 0. The lowest BCUT2D eigenvalue weighted by molar-refractivity contribution is 1.16. The van der Waals surface area contributed by atoms with Gasteiger partial charge in [-0.2, -0.15) is 0 Å². The van der Waals surface area contributed by atoms with Crippen LogP contribution in [0.3, 0.4) is 0 Å². The fourth-order valence-electron chi connectivity index (χ4n) is 9.93. The van der Waals surface area contributed by atoms with Gasteiger partial charge in [0.2, 0.25) is 0 Å². The zero-order chi connectivity index (χ0) is 40.7. The summed E-state index contributed by atoms with van der Waals surface area (Å²) in [4.78, 5) is 2.36. The summed E-state index contributed by atoms with van der Waals surface area (Å²) in [6.07, 6.45) is 0. The number of thiophene rings is 1. The summed E-state index contributed by atoms with van der Waals surface area (Å²) >= 11 is 1.89. The molecule has 0 atom stereocenters. The molecule has 0 unspecified atom stereocenters. The lowest BCUT2D eigenvalue weighted by atomic mass is 10.00. The number of fused-ring (bicyclic) bond motifs is 11. The van der Waals surface area contributed by atoms with E-state index in [1.807, 2.05) is 11.3 Å². The van der Waals surface area contributed by atoms with Crippen LogP contribution in [0.4, 0.5) is 17.1 Å². The van der Waals surface area contributed by atoms with Gasteiger partial charge in [0.25, 0.3) is 0 Å². The van der Waals surface area contributed by atoms with Gasteiger partial charge in [0.05, 0.1) is 22.1 Å². The molecule has 0 aliphatic carbocycles. The van der Waals surface area contributed by atoms with Crippen molar-refractivity contribution in [3.05, 3.63) is 224 Å². The summed E-state index contributed by atoms with van der Waals surface area (Å²) in [5.74, 6) is 0. The van der Waals surface area contributed by atoms with Crippen molar-refractivity contribution in [1.82, 2.24) is 9.13 Å². The molecule has 0 amide bonds. The van der Waals surface area contributed by atoms with Gasteiger partial charge >= 0.3 is 0 Å². The van der Waals surface area contributed by atoms with Crippen molar-refractivity contribution in [2.45, 2.75) is 0 Å². The van der Waals surface area contributed by atoms with Gasteiger partial charge in [0.1, 0.15) is 0 Å². The molecule has 10 aromatic carbocycles. The van der Waals surface area contributed by atoms with Gasteiger partial charge in [-0.05, 0) is 113 Å². The van der Waals surface area contributed by atoms with Crippen molar-refractivity contribution in [3.8, 4) is 22.5 Å². The van der Waals surface area contributed by atoms with E-state index in [4.69, 9.17) is 0 Å². The van der Waals surface area contributed by atoms with Crippen LogP contribution in [0.1, 0.15) is 0 Å². The predicted octanol–water partition coefficient (Wildman–Crippen LogP) is 16.5. The van der Waals surface area contributed by atoms with E-state index in [0.29, 0.717) is 0 Å². The molecule has 13 rings (SSSR count). The van der Waals surface area contributed by atoms with Crippen LogP contribution >= 0.6 is 11.3 Å². The Morgan fingerprint density at radius 3 is 1.66 bits per heavy atom. The molecule has 290 valence electrons. The molecule has 0 saturated carbocycles. The number of para-hydroxylation sites is 4. The highest BCUT2D eigenvalue weighted by Gasteiger charge is 2.21. The Hall–Kier alpha value is -7.92. The molecule has 0 radical (unpaired) electrons. The molecule has 62 heavy (non-hydrogen) atoms. The topological polar surface area (TPSA) is 13.1 Å². The monoisotopic (exact) mass is 807 g/mol. The molecule has 0 saturated heterocycles. The molecule has 13 aromatic rings. The molecular weight excluding hydrogens is 771 g/mol. The van der Waals surface area contributed by atoms with Gasteiger partial charge in [-0.15, -0.1) is 11.3 Å². The summed E-state index contributed by atoms with van der Waals surface area (Å²) in [5, 5.41) is 10.2. The second kappa shape index (κ2) is 13.8. The van der Waals surface area contributed by atoms with Gasteiger partial charge < -0.3 is 14.0 Å². The first-order valence-corrected chi connectivity index (χ1v) is 22.0. The van der Waals surface area contributed by atoms with Gasteiger partial charge in [0.15, 0.2) is 0 Å². The van der Waals surface area contributed by atoms with E-state index < -0.39 is 0 Å². The minimum absolute atomic E-state index is 1.11. The first kappa shape index (κ1) is 34.9. The fraction of sp³-hybridized carbons (Fsp3) is 0. The van der Waals surface area contributed by atoms with E-state index in [0.717, 1.165) is 28.4 Å². The number of hydrogen-bond donors (Lipinski definition) is 0. The molecule has 0 aliphatic rings. The lowest BCUT2D eigenvalue weighted by Gasteiger charge is -2.25. The molecular formula is C58H37N3S. The molecule has 3 nitrogen and oxygen atoms in total. The minimum atomic E-state index is 1.11. The van der Waals surface area contributed by atoms with Crippen LogP contribution in [0.2, 0.25) is 0 Å². The first-order chi connectivity index (χ1) is 30.8. The third-order valence-corrected chi connectivity index (χ3v) is 13.9. The SMILES string of the molecule is c1ccc(N(c2ccccc2)c2ccc3c(c2)c2cc4c5ccccc5n(-c5ccccc5)c4cc2n3-c2ccc(-c3cccc4c3sc3ccc5ccccc5c34)cc2)cc1. The van der Waals surface area contributed by atoms with E-state index in [2.05, 4.69) is 238 Å². The average molecular weight is 808 g/mol. The first-order valence-electron chi connectivity index (χ1n) is 21.2. The maximum atomic E-state index is 2.46. The zero-order valence-electron chi connectivity index (χ0n) is 33.6. The third kappa shape index (κ3) is 5.30. The summed E-state index contributed by atoms with van der Waals surface area (Å²) < 4.78 is 7.53. The molecule has 3 aromatic heterocycles. The highest BCUT2D eigenvalue weighted by molar-refractivity contribution is 7.26. The number of benzene rings is 10. The average Bonchev–Trinajstić information content (AvgIpc) is 3.99. The summed E-state index contributed by atoms with van der Waals surface area (Å²) in [5.41, 5.74) is 12.8. The number of anilines is 3. The van der Waals surface area contributed by atoms with Crippen LogP contribution < -0.4 is 4.90 Å². The Balaban J connectivity index is 1.05. The quantitative estimate of drug-likeness (QED) is 0.163. The molecule has 0 N–H and O–H groups in total. The van der Waals surface area contributed by atoms with Gasteiger partial charge in [-0.1, -0.05) is 133 Å². The Kier molecular flexibility index (Phi) is 7.78. The van der Waals surface area contributed by atoms with Gasteiger partial charge in [-0.3, -0.25) is 0 Å². The second-order valence-electron chi connectivity index (χ2n) is 16.1. The molecule has 0 bridgehead atoms. The standard InChI is InChI=1S/C58H37N3S/c1-4-16-40(17-5-1)59(41-18-6-2-7-19-41)44-32-33-53-49(35-44)51-36-50-47-23-12-13-26-52(47)60(42-20-8-3-9-21-42)54(50)37-55(51)61(53)43-30-27-39(28-31-43)46-24-14-25-48-57-45-22-11-10-15-38(45)29-34-56(57)62-58(46)48/h1-37H. The Morgan fingerprint density at radius 1 is 0.339 bits per heavy atom. The number of hydrogen-bond acceptors (Lipinski definition) is 2. The molecule has 0 fully saturated rings. The molecule has 0 spiro atoms. The van der Waals surface area contributed by atoms with Crippen molar-refractivity contribution in [3.63, 3.8) is 0 Å². The van der Waals surface area contributed by atoms with Crippen LogP contribution in [0.15, 0.2) is 224 Å². The largest absolute Gasteiger partial charge is 0.310 e. The summed E-state index contributed by atoms with van der Waals surface area (Å²) in [6, 6.07) is 82.1. The normalized spacial score (nSPS) is 11.9. The van der Waals surface area contributed by atoms with Crippen LogP contribution in [0.5, 0.6) is 0 Å². The van der Waals surface area contributed by atoms with Crippen molar-refractivity contribution in [1.29, 1.82) is 0 Å². The number of aromatic nitrogens is 2. The highest BCUT2D eigenvalue weighted by atomic mass is 32.1. The van der Waals surface area contributed by atoms with Crippen LogP contribution in [-0.4, -0.2) is 9.13 Å². The van der Waals surface area contributed by atoms with Crippen molar-refractivity contribution in [2.75, 3.05) is 4.90 Å². The number of nitrogens with zero attached hydrogens (tertiary/aromatic N) is 3. The van der Waals surface area contributed by atoms with E-state index in [1.54, 1.807) is 0 Å². The van der Waals surface area contributed by atoms with Gasteiger partial charge in [-0.25, -0.2) is 0 Å². The zero-order valence-corrected chi connectivity index (χ0v) is 34.4. The second-order valence-corrected chi connectivity index (χ2v) is 17.2. The van der Waals surface area contributed by atoms with Crippen molar-refractivity contribution >= 4 is 103 Å². The van der Waals surface area contributed by atoms with E-state index in [1.165, 1.54) is 85.7 Å². The Morgan fingerprint density at radius 2 is 0.919 bits per heavy atom. The maximum Gasteiger partial charge on any atom is 0.0562 e. The Bertz CT molecular complexity index is 3800. The smallest absolute Gasteiger partial charge is 0.0562 e. The Labute approximate surface area is 362 Å². The van der Waals surface area contributed by atoms with Crippen molar-refractivity contribution in [2.24, 2.45) is 0 Å². The maximum absolute atomic E-state index is 2.46. The fourth-order valence-corrected chi connectivity index (χ4v) is 11.2. The van der Waals surface area contributed by atoms with Crippen LogP contribution in [-0.2, 0) is 0 Å². The van der Waals surface area contributed by atoms with Gasteiger partial charge in [0, 0.05) is 70.2 Å². The van der Waals surface area contributed by atoms with Crippen LogP contribution in [0.25, 0.3) is 97.1 Å². The highest BCUT2D eigenvalue weighted by Crippen LogP contribution is 2.45. The van der Waals surface area contributed by atoms with Crippen LogP contribution in [0, 0.1) is 0 Å². The minimum Gasteiger partial charge on any atom is -0.310 e.